The number of nitrogens with zero attached hydrogens (tertiary/aromatic N) is 1. The minimum Gasteiger partial charge on any atom is -0.298 e. The van der Waals surface area contributed by atoms with E-state index in [9.17, 15) is 13.2 Å². The Balaban J connectivity index is 2.06. The van der Waals surface area contributed by atoms with Gasteiger partial charge in [-0.3, -0.25) is 4.79 Å². The SMILES string of the molecule is O=Cc1c(C#Cc2ccccc2)n(S(=O)(=O)c2ccccc2)c2ccccc12. The molecule has 0 unspecified atom stereocenters. The molecule has 0 aliphatic rings. The van der Waals surface area contributed by atoms with Crippen LogP contribution in [0.2, 0.25) is 0 Å². The Bertz CT molecular complexity index is 1330. The fourth-order valence-electron chi connectivity index (χ4n) is 3.07. The fourth-order valence-corrected chi connectivity index (χ4v) is 4.59. The van der Waals surface area contributed by atoms with Gasteiger partial charge in [-0.1, -0.05) is 60.5 Å². The molecular weight excluding hydrogens is 370 g/mol. The lowest BCUT2D eigenvalue weighted by atomic mass is 10.1. The van der Waals surface area contributed by atoms with Crippen molar-refractivity contribution in [1.82, 2.24) is 3.97 Å². The molecule has 3 aromatic carbocycles. The van der Waals surface area contributed by atoms with Crippen LogP contribution in [0.3, 0.4) is 0 Å². The minimum atomic E-state index is -3.93. The van der Waals surface area contributed by atoms with Gasteiger partial charge in [0.25, 0.3) is 10.0 Å². The zero-order chi connectivity index (χ0) is 19.6. The monoisotopic (exact) mass is 385 g/mol. The number of fused-ring (bicyclic) bond motifs is 1. The highest BCUT2D eigenvalue weighted by Crippen LogP contribution is 2.29. The van der Waals surface area contributed by atoms with Gasteiger partial charge >= 0.3 is 0 Å². The summed E-state index contributed by atoms with van der Waals surface area (Å²) >= 11 is 0. The number of hydrogen-bond donors (Lipinski definition) is 0. The normalized spacial score (nSPS) is 11.0. The Morgan fingerprint density at radius 1 is 0.750 bits per heavy atom. The molecule has 4 rings (SSSR count). The van der Waals surface area contributed by atoms with Crippen molar-refractivity contribution in [3.63, 3.8) is 0 Å². The largest absolute Gasteiger partial charge is 0.298 e. The van der Waals surface area contributed by atoms with E-state index in [0.717, 1.165) is 9.54 Å². The van der Waals surface area contributed by atoms with E-state index < -0.39 is 10.0 Å². The van der Waals surface area contributed by atoms with Crippen LogP contribution in [0.1, 0.15) is 21.6 Å². The van der Waals surface area contributed by atoms with Crippen molar-refractivity contribution in [2.24, 2.45) is 0 Å². The third-order valence-electron chi connectivity index (χ3n) is 4.37. The first-order valence-electron chi connectivity index (χ1n) is 8.59. The van der Waals surface area contributed by atoms with Crippen molar-refractivity contribution in [1.29, 1.82) is 0 Å². The van der Waals surface area contributed by atoms with Crippen molar-refractivity contribution in [3.05, 3.63) is 102 Å². The maximum atomic E-state index is 13.4. The first-order valence-corrected chi connectivity index (χ1v) is 10.0. The first kappa shape index (κ1) is 17.8. The molecule has 28 heavy (non-hydrogen) atoms. The quantitative estimate of drug-likeness (QED) is 0.394. The van der Waals surface area contributed by atoms with Gasteiger partial charge in [-0.15, -0.1) is 0 Å². The van der Waals surface area contributed by atoms with E-state index in [-0.39, 0.29) is 16.2 Å². The Labute approximate surface area is 163 Å². The van der Waals surface area contributed by atoms with E-state index in [1.54, 1.807) is 42.5 Å². The molecule has 1 heterocycles. The van der Waals surface area contributed by atoms with Crippen LogP contribution in [-0.2, 0) is 10.0 Å². The molecule has 0 fully saturated rings. The van der Waals surface area contributed by atoms with Crippen molar-refractivity contribution in [2.45, 2.75) is 4.90 Å². The minimum absolute atomic E-state index is 0.135. The van der Waals surface area contributed by atoms with Gasteiger partial charge in [0.1, 0.15) is 5.69 Å². The van der Waals surface area contributed by atoms with E-state index in [1.807, 2.05) is 30.3 Å². The summed E-state index contributed by atoms with van der Waals surface area (Å²) in [5.41, 5.74) is 1.57. The van der Waals surface area contributed by atoms with Crippen LogP contribution in [0, 0.1) is 11.8 Å². The van der Waals surface area contributed by atoms with Gasteiger partial charge in [0.05, 0.1) is 16.0 Å². The lowest BCUT2D eigenvalue weighted by Crippen LogP contribution is -2.15. The van der Waals surface area contributed by atoms with Gasteiger partial charge in [-0.05, 0) is 36.3 Å². The van der Waals surface area contributed by atoms with E-state index in [2.05, 4.69) is 11.8 Å². The Kier molecular flexibility index (Phi) is 4.56. The number of carbonyl (C=O) groups is 1. The summed E-state index contributed by atoms with van der Waals surface area (Å²) < 4.78 is 27.9. The van der Waals surface area contributed by atoms with Crippen LogP contribution >= 0.6 is 0 Å². The van der Waals surface area contributed by atoms with Gasteiger partial charge in [0.15, 0.2) is 6.29 Å². The molecule has 0 bridgehead atoms. The molecule has 136 valence electrons. The molecule has 0 saturated heterocycles. The maximum Gasteiger partial charge on any atom is 0.269 e. The zero-order valence-electron chi connectivity index (χ0n) is 14.7. The lowest BCUT2D eigenvalue weighted by molar-refractivity contribution is 0.112. The maximum absolute atomic E-state index is 13.4. The van der Waals surface area contributed by atoms with Gasteiger partial charge in [0.2, 0.25) is 0 Å². The molecule has 0 N–H and O–H groups in total. The van der Waals surface area contributed by atoms with E-state index in [0.29, 0.717) is 17.2 Å². The van der Waals surface area contributed by atoms with Crippen LogP contribution in [-0.4, -0.2) is 18.7 Å². The summed E-state index contributed by atoms with van der Waals surface area (Å²) in [6.07, 6.45) is 0.661. The molecule has 5 heteroatoms. The summed E-state index contributed by atoms with van der Waals surface area (Å²) in [6, 6.07) is 24.3. The Morgan fingerprint density at radius 3 is 2.04 bits per heavy atom. The van der Waals surface area contributed by atoms with Crippen molar-refractivity contribution in [3.8, 4) is 11.8 Å². The van der Waals surface area contributed by atoms with E-state index >= 15 is 0 Å². The number of para-hydroxylation sites is 1. The summed E-state index contributed by atoms with van der Waals surface area (Å²) in [5.74, 6) is 5.88. The van der Waals surface area contributed by atoms with Crippen LogP contribution in [0.5, 0.6) is 0 Å². The van der Waals surface area contributed by atoms with Gasteiger partial charge in [0, 0.05) is 10.9 Å². The second-order valence-corrected chi connectivity index (χ2v) is 7.88. The molecule has 1 aromatic heterocycles. The summed E-state index contributed by atoms with van der Waals surface area (Å²) in [5, 5.41) is 0.550. The summed E-state index contributed by atoms with van der Waals surface area (Å²) in [4.78, 5) is 12.0. The molecule has 0 atom stereocenters. The molecule has 0 saturated carbocycles. The topological polar surface area (TPSA) is 56.1 Å². The first-order chi connectivity index (χ1) is 13.6. The number of aromatic nitrogens is 1. The number of rotatable bonds is 3. The summed E-state index contributed by atoms with van der Waals surface area (Å²) in [7, 11) is -3.93. The molecular formula is C23H15NO3S. The van der Waals surface area contributed by atoms with E-state index in [1.165, 1.54) is 12.1 Å². The number of aldehydes is 1. The highest BCUT2D eigenvalue weighted by Gasteiger charge is 2.25. The van der Waals surface area contributed by atoms with Crippen LogP contribution in [0.25, 0.3) is 10.9 Å². The smallest absolute Gasteiger partial charge is 0.269 e. The van der Waals surface area contributed by atoms with Crippen molar-refractivity contribution < 1.29 is 13.2 Å². The molecule has 0 amide bonds. The average molecular weight is 385 g/mol. The molecule has 0 aliphatic carbocycles. The van der Waals surface area contributed by atoms with Crippen molar-refractivity contribution >= 4 is 27.2 Å². The second kappa shape index (κ2) is 7.18. The molecule has 4 nitrogen and oxygen atoms in total. The number of benzene rings is 3. The van der Waals surface area contributed by atoms with Gasteiger partial charge < -0.3 is 0 Å². The Morgan fingerprint density at radius 2 is 1.36 bits per heavy atom. The standard InChI is InChI=1S/C23H15NO3S/c25-17-21-20-13-7-8-14-22(20)24(28(26,27)19-11-5-2-6-12-19)23(21)16-15-18-9-3-1-4-10-18/h1-14,17H. The van der Waals surface area contributed by atoms with E-state index in [4.69, 9.17) is 0 Å². The molecule has 0 radical (unpaired) electrons. The zero-order valence-corrected chi connectivity index (χ0v) is 15.6. The Hall–Kier alpha value is -3.62. The van der Waals surface area contributed by atoms with Gasteiger partial charge in [-0.2, -0.15) is 0 Å². The second-order valence-electron chi connectivity index (χ2n) is 6.10. The summed E-state index contributed by atoms with van der Waals surface area (Å²) in [6.45, 7) is 0. The third-order valence-corrected chi connectivity index (χ3v) is 6.10. The predicted octanol–water partition coefficient (Wildman–Crippen LogP) is 4.09. The third kappa shape index (κ3) is 3.00. The highest BCUT2D eigenvalue weighted by molar-refractivity contribution is 7.90. The molecule has 0 spiro atoms. The highest BCUT2D eigenvalue weighted by atomic mass is 32.2. The molecule has 4 aromatic rings. The predicted molar refractivity (Wildman–Crippen MR) is 109 cm³/mol. The van der Waals surface area contributed by atoms with Crippen LogP contribution in [0.4, 0.5) is 0 Å². The fraction of sp³-hybridized carbons (Fsp3) is 0. The number of hydrogen-bond acceptors (Lipinski definition) is 3. The molecule has 0 aliphatic heterocycles. The van der Waals surface area contributed by atoms with Crippen LogP contribution < -0.4 is 0 Å². The van der Waals surface area contributed by atoms with Gasteiger partial charge in [-0.25, -0.2) is 12.4 Å². The van der Waals surface area contributed by atoms with Crippen LogP contribution in [0.15, 0.2) is 89.8 Å². The average Bonchev–Trinajstić information content (AvgIpc) is 3.07. The van der Waals surface area contributed by atoms with Crippen molar-refractivity contribution in [2.75, 3.05) is 0 Å². The lowest BCUT2D eigenvalue weighted by Gasteiger charge is -2.09. The number of carbonyl (C=O) groups excluding carboxylic acids is 1.